The van der Waals surface area contributed by atoms with Gasteiger partial charge in [-0.25, -0.2) is 4.79 Å². The molecular formula is C23H28N2O5. The molecule has 0 spiro atoms. The van der Waals surface area contributed by atoms with Crippen molar-refractivity contribution in [1.29, 1.82) is 0 Å². The van der Waals surface area contributed by atoms with E-state index in [1.165, 1.54) is 0 Å². The van der Waals surface area contributed by atoms with Crippen molar-refractivity contribution < 1.29 is 23.9 Å². The lowest BCUT2D eigenvalue weighted by Gasteiger charge is -2.28. The fraction of sp³-hybridized carbons (Fsp3) is 0.565. The van der Waals surface area contributed by atoms with E-state index in [4.69, 9.17) is 4.74 Å². The Morgan fingerprint density at radius 3 is 2.33 bits per heavy atom. The maximum atomic E-state index is 13.1. The lowest BCUT2D eigenvalue weighted by atomic mass is 9.81. The molecule has 7 heteroatoms. The summed E-state index contributed by atoms with van der Waals surface area (Å²) in [5.74, 6) is -2.01. The Morgan fingerprint density at radius 1 is 1.13 bits per heavy atom. The Bertz CT molecular complexity index is 867. The Labute approximate surface area is 176 Å². The van der Waals surface area contributed by atoms with Crippen LogP contribution in [-0.2, 0) is 23.9 Å². The summed E-state index contributed by atoms with van der Waals surface area (Å²) in [6.07, 6.45) is 2.90. The molecule has 2 saturated carbocycles. The number of aryl methyl sites for hydroxylation is 1. The molecule has 1 aromatic rings. The molecule has 3 aliphatic rings. The van der Waals surface area contributed by atoms with Gasteiger partial charge in [-0.1, -0.05) is 26.0 Å². The first kappa shape index (κ1) is 20.6. The molecule has 1 heterocycles. The molecule has 3 fully saturated rings. The minimum absolute atomic E-state index is 0.239. The van der Waals surface area contributed by atoms with Crippen molar-refractivity contribution in [2.45, 2.75) is 46.1 Å². The van der Waals surface area contributed by atoms with Crippen molar-refractivity contribution in [2.75, 3.05) is 11.9 Å². The zero-order valence-corrected chi connectivity index (χ0v) is 17.6. The van der Waals surface area contributed by atoms with Crippen LogP contribution in [0.1, 0.15) is 38.7 Å². The first-order chi connectivity index (χ1) is 14.3. The minimum Gasteiger partial charge on any atom is -0.454 e. The predicted octanol–water partition coefficient (Wildman–Crippen LogP) is 2.53. The SMILES string of the molecule is Cc1cccc(NC(=O)COC(=O)[C@H](C(C)C)N2C(=O)[C@H]3[C@@H]4CC[C@@H](C4)[C@@H]3C2=O)c1. The second-order valence-electron chi connectivity index (χ2n) is 9.15. The summed E-state index contributed by atoms with van der Waals surface area (Å²) < 4.78 is 5.23. The summed E-state index contributed by atoms with van der Waals surface area (Å²) in [5, 5.41) is 2.68. The van der Waals surface area contributed by atoms with E-state index in [1.54, 1.807) is 19.9 Å². The lowest BCUT2D eigenvalue weighted by molar-refractivity contribution is -0.162. The third-order valence-electron chi connectivity index (χ3n) is 6.76. The number of nitrogens with zero attached hydrogens (tertiary/aromatic N) is 1. The molecule has 7 nitrogen and oxygen atoms in total. The van der Waals surface area contributed by atoms with Gasteiger partial charge in [0.1, 0.15) is 6.04 Å². The van der Waals surface area contributed by atoms with Gasteiger partial charge < -0.3 is 10.1 Å². The number of carbonyl (C=O) groups excluding carboxylic acids is 4. The highest BCUT2D eigenvalue weighted by Gasteiger charge is 2.62. The zero-order chi connectivity index (χ0) is 21.6. The first-order valence-electron chi connectivity index (χ1n) is 10.7. The Balaban J connectivity index is 1.42. The molecule has 0 aromatic heterocycles. The Morgan fingerprint density at radius 2 is 1.77 bits per heavy atom. The highest BCUT2D eigenvalue weighted by atomic mass is 16.5. The average Bonchev–Trinajstić information content (AvgIpc) is 3.36. The number of fused-ring (bicyclic) bond motifs is 5. The number of benzene rings is 1. The van der Waals surface area contributed by atoms with Crippen molar-refractivity contribution in [1.82, 2.24) is 4.90 Å². The zero-order valence-electron chi connectivity index (χ0n) is 17.6. The van der Waals surface area contributed by atoms with Crippen LogP contribution in [-0.4, -0.2) is 41.2 Å². The molecule has 5 atom stereocenters. The fourth-order valence-electron chi connectivity index (χ4n) is 5.52. The number of amides is 3. The monoisotopic (exact) mass is 412 g/mol. The van der Waals surface area contributed by atoms with Gasteiger partial charge in [0, 0.05) is 5.69 Å². The normalized spacial score (nSPS) is 28.1. The van der Waals surface area contributed by atoms with Crippen LogP contribution < -0.4 is 5.32 Å². The van der Waals surface area contributed by atoms with Gasteiger partial charge in [-0.05, 0) is 61.6 Å². The van der Waals surface area contributed by atoms with Crippen LogP contribution in [0.3, 0.4) is 0 Å². The van der Waals surface area contributed by atoms with E-state index in [1.807, 2.05) is 25.1 Å². The van der Waals surface area contributed by atoms with Crippen LogP contribution in [0, 0.1) is 36.5 Å². The maximum absolute atomic E-state index is 13.1. The van der Waals surface area contributed by atoms with Crippen molar-refractivity contribution in [3.63, 3.8) is 0 Å². The van der Waals surface area contributed by atoms with E-state index in [0.29, 0.717) is 5.69 Å². The van der Waals surface area contributed by atoms with Gasteiger partial charge in [0.15, 0.2) is 6.61 Å². The number of nitrogens with one attached hydrogen (secondary N) is 1. The second kappa shape index (κ2) is 7.85. The number of hydrogen-bond donors (Lipinski definition) is 1. The molecule has 0 unspecified atom stereocenters. The van der Waals surface area contributed by atoms with Gasteiger partial charge in [0.05, 0.1) is 11.8 Å². The van der Waals surface area contributed by atoms with E-state index in [-0.39, 0.29) is 41.4 Å². The quantitative estimate of drug-likeness (QED) is 0.573. The van der Waals surface area contributed by atoms with Crippen molar-refractivity contribution in [3.8, 4) is 0 Å². The number of rotatable bonds is 6. The molecule has 2 aliphatic carbocycles. The van der Waals surface area contributed by atoms with E-state index < -0.39 is 24.5 Å². The molecule has 3 amide bonds. The van der Waals surface area contributed by atoms with E-state index in [2.05, 4.69) is 5.32 Å². The topological polar surface area (TPSA) is 92.8 Å². The van der Waals surface area contributed by atoms with E-state index in [9.17, 15) is 19.2 Å². The molecule has 0 radical (unpaired) electrons. The summed E-state index contributed by atoms with van der Waals surface area (Å²) in [5.41, 5.74) is 1.61. The lowest BCUT2D eigenvalue weighted by Crippen LogP contribution is -2.50. The summed E-state index contributed by atoms with van der Waals surface area (Å²) in [7, 11) is 0. The Kier molecular flexibility index (Phi) is 5.38. The number of carbonyl (C=O) groups is 4. The van der Waals surface area contributed by atoms with Crippen LogP contribution in [0.4, 0.5) is 5.69 Å². The third kappa shape index (κ3) is 3.50. The van der Waals surface area contributed by atoms with Gasteiger partial charge in [0.25, 0.3) is 5.91 Å². The van der Waals surface area contributed by atoms with Gasteiger partial charge in [-0.3, -0.25) is 19.3 Å². The molecule has 30 heavy (non-hydrogen) atoms. The van der Waals surface area contributed by atoms with Crippen molar-refractivity contribution >= 4 is 29.4 Å². The van der Waals surface area contributed by atoms with Crippen LogP contribution >= 0.6 is 0 Å². The molecule has 1 N–H and O–H groups in total. The minimum atomic E-state index is -0.998. The van der Waals surface area contributed by atoms with E-state index >= 15 is 0 Å². The van der Waals surface area contributed by atoms with Crippen LogP contribution in [0.2, 0.25) is 0 Å². The highest BCUT2D eigenvalue weighted by molar-refractivity contribution is 6.08. The summed E-state index contributed by atoms with van der Waals surface area (Å²) >= 11 is 0. The van der Waals surface area contributed by atoms with Gasteiger partial charge >= 0.3 is 5.97 Å². The van der Waals surface area contributed by atoms with Crippen LogP contribution in [0.15, 0.2) is 24.3 Å². The fourth-order valence-corrected chi connectivity index (χ4v) is 5.52. The summed E-state index contributed by atoms with van der Waals surface area (Å²) in [6, 6.07) is 6.29. The predicted molar refractivity (Wildman–Crippen MR) is 109 cm³/mol. The first-order valence-corrected chi connectivity index (χ1v) is 10.7. The number of hydrogen-bond acceptors (Lipinski definition) is 5. The second-order valence-corrected chi connectivity index (χ2v) is 9.15. The molecule has 4 rings (SSSR count). The number of imide groups is 1. The third-order valence-corrected chi connectivity index (χ3v) is 6.76. The Hall–Kier alpha value is -2.70. The molecule has 1 saturated heterocycles. The molecule has 2 bridgehead atoms. The van der Waals surface area contributed by atoms with E-state index in [0.717, 1.165) is 29.7 Å². The van der Waals surface area contributed by atoms with Crippen molar-refractivity contribution in [2.24, 2.45) is 29.6 Å². The maximum Gasteiger partial charge on any atom is 0.330 e. The highest BCUT2D eigenvalue weighted by Crippen LogP contribution is 2.56. The van der Waals surface area contributed by atoms with Gasteiger partial charge in [0.2, 0.25) is 11.8 Å². The van der Waals surface area contributed by atoms with Crippen LogP contribution in [0.25, 0.3) is 0 Å². The smallest absolute Gasteiger partial charge is 0.330 e. The molecule has 1 aromatic carbocycles. The number of anilines is 1. The standard InChI is InChI=1S/C23H28N2O5/c1-12(2)20(23(29)30-11-17(26)24-16-6-4-5-13(3)9-16)25-21(27)18-14-7-8-15(10-14)19(18)22(25)28/h4-6,9,12,14-15,18-20H,7-8,10-11H2,1-3H3,(H,24,26)/t14-,15+,18-,19-,20-/m0/s1. The number of esters is 1. The average molecular weight is 412 g/mol. The van der Waals surface area contributed by atoms with Crippen molar-refractivity contribution in [3.05, 3.63) is 29.8 Å². The number of likely N-dealkylation sites (tertiary alicyclic amines) is 1. The number of ether oxygens (including phenoxy) is 1. The van der Waals surface area contributed by atoms with Gasteiger partial charge in [-0.2, -0.15) is 0 Å². The molecular weight excluding hydrogens is 384 g/mol. The van der Waals surface area contributed by atoms with Gasteiger partial charge in [-0.15, -0.1) is 0 Å². The van der Waals surface area contributed by atoms with Crippen LogP contribution in [0.5, 0.6) is 0 Å². The summed E-state index contributed by atoms with van der Waals surface area (Å²) in [6.45, 7) is 5.00. The molecule has 1 aliphatic heterocycles. The summed E-state index contributed by atoms with van der Waals surface area (Å²) in [4.78, 5) is 52.3. The largest absolute Gasteiger partial charge is 0.454 e. The molecule has 160 valence electrons.